The van der Waals surface area contributed by atoms with Crippen LogP contribution < -0.4 is 5.32 Å². The first-order valence-electron chi connectivity index (χ1n) is 16.2. The Balaban J connectivity index is 1.48. The van der Waals surface area contributed by atoms with Gasteiger partial charge in [-0.1, -0.05) is 99.1 Å². The molecule has 0 radical (unpaired) electrons. The highest BCUT2D eigenvalue weighted by Crippen LogP contribution is 2.32. The second-order valence-electron chi connectivity index (χ2n) is 12.4. The van der Waals surface area contributed by atoms with E-state index in [0.29, 0.717) is 22.5 Å². The molecular weight excluding hydrogens is 596 g/mol. The summed E-state index contributed by atoms with van der Waals surface area (Å²) in [4.78, 5) is 60.8. The van der Waals surface area contributed by atoms with E-state index >= 15 is 0 Å². The van der Waals surface area contributed by atoms with E-state index in [1.807, 2.05) is 92.7 Å². The highest BCUT2D eigenvalue weighted by molar-refractivity contribution is 6.17. The Hall–Kier alpha value is -4.83. The van der Waals surface area contributed by atoms with Crippen LogP contribution in [0.1, 0.15) is 62.3 Å². The SMILES string of the molecule is CC(C)[C@@H](CC(=O)N1C(=O)OC[C@H]1c1ccccc1)[C@H](N=C(c1ccccc1)c1ccccc1NC(=O)CN1CCCCC1)C(=O)O. The van der Waals surface area contributed by atoms with Crippen molar-refractivity contribution in [1.82, 2.24) is 9.80 Å². The molecule has 2 heterocycles. The summed E-state index contributed by atoms with van der Waals surface area (Å²) in [6.07, 6.45) is 2.32. The summed E-state index contributed by atoms with van der Waals surface area (Å²) in [7, 11) is 0. The number of aliphatic imine (C=N–C) groups is 1. The molecule has 5 rings (SSSR count). The van der Waals surface area contributed by atoms with Crippen LogP contribution in [0.2, 0.25) is 0 Å². The minimum atomic E-state index is -1.33. The summed E-state index contributed by atoms with van der Waals surface area (Å²) in [6, 6.07) is 23.6. The zero-order chi connectivity index (χ0) is 33.3. The number of carbonyl (C=O) groups excluding carboxylic acids is 3. The fraction of sp³-hybridized carbons (Fsp3) is 0.378. The molecule has 3 aromatic rings. The third-order valence-corrected chi connectivity index (χ3v) is 8.84. The first-order valence-corrected chi connectivity index (χ1v) is 16.2. The lowest BCUT2D eigenvalue weighted by Gasteiger charge is -2.28. The summed E-state index contributed by atoms with van der Waals surface area (Å²) in [5, 5.41) is 13.6. The first-order chi connectivity index (χ1) is 22.7. The van der Waals surface area contributed by atoms with Crippen molar-refractivity contribution >= 4 is 35.3 Å². The van der Waals surface area contributed by atoms with E-state index in [9.17, 15) is 24.3 Å². The fourth-order valence-electron chi connectivity index (χ4n) is 6.31. The molecule has 0 aromatic heterocycles. The number of rotatable bonds is 12. The molecule has 10 nitrogen and oxygen atoms in total. The van der Waals surface area contributed by atoms with Crippen LogP contribution in [-0.4, -0.2) is 76.8 Å². The number of carboxylic acids is 1. The molecule has 246 valence electrons. The zero-order valence-electron chi connectivity index (χ0n) is 26.9. The molecule has 2 fully saturated rings. The molecule has 0 spiro atoms. The second kappa shape index (κ2) is 15.6. The van der Waals surface area contributed by atoms with Crippen LogP contribution in [0.3, 0.4) is 0 Å². The number of hydrogen-bond acceptors (Lipinski definition) is 7. The highest BCUT2D eigenvalue weighted by atomic mass is 16.6. The molecule has 3 amide bonds. The standard InChI is InChI=1S/C37H42N4O6/c1-25(2)29(22-33(43)41-31(24-47-37(41)46)26-14-6-3-7-15-26)35(36(44)45)39-34(27-16-8-4-9-17-27)28-18-10-11-19-30(28)38-32(42)23-40-20-12-5-13-21-40/h3-4,6-11,14-19,25,29,31,35H,5,12-13,20-24H2,1-2H3,(H,38,42)(H,44,45)/t29-,31+,35+/m1/s1. The normalized spacial score (nSPS) is 18.4. The van der Waals surface area contributed by atoms with Crippen LogP contribution in [0.4, 0.5) is 10.5 Å². The lowest BCUT2D eigenvalue weighted by Crippen LogP contribution is -2.40. The topological polar surface area (TPSA) is 129 Å². The van der Waals surface area contributed by atoms with Gasteiger partial charge in [0.15, 0.2) is 6.04 Å². The predicted octanol–water partition coefficient (Wildman–Crippen LogP) is 5.78. The summed E-state index contributed by atoms with van der Waals surface area (Å²) in [5.74, 6) is -2.91. The number of benzene rings is 3. The number of imide groups is 1. The zero-order valence-corrected chi connectivity index (χ0v) is 26.9. The van der Waals surface area contributed by atoms with E-state index < -0.39 is 36.0 Å². The maximum Gasteiger partial charge on any atom is 0.417 e. The van der Waals surface area contributed by atoms with Gasteiger partial charge in [-0.25, -0.2) is 14.5 Å². The van der Waals surface area contributed by atoms with Crippen molar-refractivity contribution in [2.75, 3.05) is 31.6 Å². The Labute approximate surface area is 275 Å². The smallest absolute Gasteiger partial charge is 0.417 e. The van der Waals surface area contributed by atoms with Crippen LogP contribution >= 0.6 is 0 Å². The monoisotopic (exact) mass is 638 g/mol. The average molecular weight is 639 g/mol. The largest absolute Gasteiger partial charge is 0.480 e. The van der Waals surface area contributed by atoms with Gasteiger partial charge >= 0.3 is 12.1 Å². The number of likely N-dealkylation sites (tertiary alicyclic amines) is 1. The molecule has 3 atom stereocenters. The molecule has 47 heavy (non-hydrogen) atoms. The number of aliphatic carboxylic acids is 1. The Morgan fingerprint density at radius 1 is 0.915 bits per heavy atom. The molecule has 10 heteroatoms. The van der Waals surface area contributed by atoms with Crippen LogP contribution in [0.25, 0.3) is 0 Å². The van der Waals surface area contributed by atoms with Crippen molar-refractivity contribution in [1.29, 1.82) is 0 Å². The molecule has 2 aliphatic rings. The molecule has 2 aliphatic heterocycles. The van der Waals surface area contributed by atoms with Gasteiger partial charge in [0.05, 0.1) is 17.9 Å². The Morgan fingerprint density at radius 3 is 2.21 bits per heavy atom. The van der Waals surface area contributed by atoms with Crippen LogP contribution in [0.15, 0.2) is 89.9 Å². The van der Waals surface area contributed by atoms with Gasteiger partial charge in [-0.3, -0.25) is 19.5 Å². The minimum absolute atomic E-state index is 0.0276. The predicted molar refractivity (Wildman–Crippen MR) is 179 cm³/mol. The Bertz CT molecular complexity index is 1590. The maximum absolute atomic E-state index is 13.8. The number of ether oxygens (including phenoxy) is 1. The Morgan fingerprint density at radius 2 is 1.55 bits per heavy atom. The molecule has 3 aromatic carbocycles. The van der Waals surface area contributed by atoms with Gasteiger partial charge in [0.25, 0.3) is 0 Å². The van der Waals surface area contributed by atoms with Gasteiger partial charge in [0.2, 0.25) is 11.8 Å². The van der Waals surface area contributed by atoms with Crippen molar-refractivity contribution in [3.8, 4) is 0 Å². The fourth-order valence-corrected chi connectivity index (χ4v) is 6.31. The van der Waals surface area contributed by atoms with Gasteiger partial charge in [-0.15, -0.1) is 0 Å². The van der Waals surface area contributed by atoms with Crippen molar-refractivity contribution < 1.29 is 29.0 Å². The summed E-state index contributed by atoms with van der Waals surface area (Å²) < 4.78 is 5.26. The number of amides is 3. The highest BCUT2D eigenvalue weighted by Gasteiger charge is 2.42. The van der Waals surface area contributed by atoms with Gasteiger partial charge in [0, 0.05) is 23.5 Å². The lowest BCUT2D eigenvalue weighted by atomic mass is 9.84. The van der Waals surface area contributed by atoms with E-state index in [1.165, 1.54) is 6.42 Å². The molecule has 0 saturated carbocycles. The molecule has 2 N–H and O–H groups in total. The van der Waals surface area contributed by atoms with Crippen molar-refractivity contribution in [3.05, 3.63) is 102 Å². The number of piperidine rings is 1. The summed E-state index contributed by atoms with van der Waals surface area (Å²) >= 11 is 0. The third kappa shape index (κ3) is 8.31. The van der Waals surface area contributed by atoms with E-state index in [0.717, 1.165) is 36.4 Å². The number of nitrogens with zero attached hydrogens (tertiary/aromatic N) is 3. The van der Waals surface area contributed by atoms with E-state index in [-0.39, 0.29) is 31.4 Å². The molecule has 0 unspecified atom stereocenters. The minimum Gasteiger partial charge on any atom is -0.480 e. The van der Waals surface area contributed by atoms with Gasteiger partial charge in [-0.2, -0.15) is 0 Å². The average Bonchev–Trinajstić information content (AvgIpc) is 3.47. The quantitative estimate of drug-likeness (QED) is 0.241. The summed E-state index contributed by atoms with van der Waals surface area (Å²) in [6.45, 7) is 5.74. The van der Waals surface area contributed by atoms with Crippen LogP contribution in [0, 0.1) is 11.8 Å². The number of cyclic esters (lactones) is 1. The van der Waals surface area contributed by atoms with E-state index in [1.54, 1.807) is 6.07 Å². The van der Waals surface area contributed by atoms with Gasteiger partial charge < -0.3 is 15.2 Å². The first kappa shape index (κ1) is 33.5. The second-order valence-corrected chi connectivity index (χ2v) is 12.4. The number of hydrogen-bond donors (Lipinski definition) is 2. The van der Waals surface area contributed by atoms with Crippen molar-refractivity contribution in [2.45, 2.75) is 51.6 Å². The number of carbonyl (C=O) groups is 4. The molecule has 2 saturated heterocycles. The van der Waals surface area contributed by atoms with Gasteiger partial charge in [0.1, 0.15) is 12.6 Å². The number of nitrogens with one attached hydrogen (secondary N) is 1. The third-order valence-electron chi connectivity index (χ3n) is 8.84. The van der Waals surface area contributed by atoms with Crippen molar-refractivity contribution in [2.24, 2.45) is 16.8 Å². The number of carboxylic acid groups (broad SMARTS) is 1. The summed E-state index contributed by atoms with van der Waals surface area (Å²) in [5.41, 5.74) is 2.89. The molecular formula is C37H42N4O6. The lowest BCUT2D eigenvalue weighted by molar-refractivity contribution is -0.141. The maximum atomic E-state index is 13.8. The van der Waals surface area contributed by atoms with Gasteiger partial charge in [-0.05, 0) is 43.5 Å². The van der Waals surface area contributed by atoms with Crippen LogP contribution in [-0.2, 0) is 19.1 Å². The number of anilines is 1. The molecule has 0 bridgehead atoms. The molecule has 0 aliphatic carbocycles. The van der Waals surface area contributed by atoms with E-state index in [4.69, 9.17) is 9.73 Å². The Kier molecular flexibility index (Phi) is 11.2. The van der Waals surface area contributed by atoms with Crippen molar-refractivity contribution in [3.63, 3.8) is 0 Å². The van der Waals surface area contributed by atoms with Crippen LogP contribution in [0.5, 0.6) is 0 Å². The number of para-hydroxylation sites is 1. The van der Waals surface area contributed by atoms with E-state index in [2.05, 4.69) is 10.2 Å².